The molecule has 0 heterocycles. The van der Waals surface area contributed by atoms with Gasteiger partial charge >= 0.3 is 0 Å². The number of hydrogen-bond donors (Lipinski definition) is 0. The SMILES string of the molecule is CC[CH]C(C)(Sc1ccccc1)C(F)F. The average Bonchev–Trinajstić information content (AvgIpc) is 2.19. The molecule has 1 aromatic carbocycles. The maximum Gasteiger partial charge on any atom is 0.253 e. The number of alkyl halides is 2. The predicted octanol–water partition coefficient (Wildman–Crippen LogP) is 4.42. The van der Waals surface area contributed by atoms with E-state index in [1.165, 1.54) is 11.8 Å². The van der Waals surface area contributed by atoms with Crippen LogP contribution in [0.15, 0.2) is 35.2 Å². The highest BCUT2D eigenvalue weighted by Crippen LogP contribution is 2.40. The molecule has 0 N–H and O–H groups in total. The highest BCUT2D eigenvalue weighted by Gasteiger charge is 2.35. The first-order valence-corrected chi connectivity index (χ1v) is 5.76. The van der Waals surface area contributed by atoms with Crippen molar-refractivity contribution in [3.63, 3.8) is 0 Å². The Bertz CT molecular complexity index is 287. The molecule has 0 saturated carbocycles. The van der Waals surface area contributed by atoms with Gasteiger partial charge in [0.05, 0.1) is 4.75 Å². The van der Waals surface area contributed by atoms with Crippen molar-refractivity contribution in [1.82, 2.24) is 0 Å². The number of halogens is 2. The van der Waals surface area contributed by atoms with Gasteiger partial charge in [-0.05, 0) is 25.5 Å². The number of rotatable bonds is 5. The maximum absolute atomic E-state index is 12.9. The quantitative estimate of drug-likeness (QED) is 0.674. The van der Waals surface area contributed by atoms with Crippen LogP contribution < -0.4 is 0 Å². The fraction of sp³-hybridized carbons (Fsp3) is 0.417. The molecule has 0 aliphatic heterocycles. The molecule has 0 aliphatic carbocycles. The topological polar surface area (TPSA) is 0 Å². The summed E-state index contributed by atoms with van der Waals surface area (Å²) in [5, 5.41) is 0. The fourth-order valence-electron chi connectivity index (χ4n) is 1.32. The van der Waals surface area contributed by atoms with Crippen LogP contribution in [0.5, 0.6) is 0 Å². The Morgan fingerprint density at radius 1 is 1.33 bits per heavy atom. The molecular formula is C12H15F2S. The average molecular weight is 229 g/mol. The van der Waals surface area contributed by atoms with Crippen LogP contribution in [0.2, 0.25) is 0 Å². The van der Waals surface area contributed by atoms with E-state index < -0.39 is 11.2 Å². The molecule has 3 heteroatoms. The third-order valence-corrected chi connectivity index (χ3v) is 3.42. The first-order valence-electron chi connectivity index (χ1n) is 4.95. The predicted molar refractivity (Wildman–Crippen MR) is 61.3 cm³/mol. The third kappa shape index (κ3) is 3.49. The Morgan fingerprint density at radius 3 is 2.40 bits per heavy atom. The Morgan fingerprint density at radius 2 is 1.93 bits per heavy atom. The summed E-state index contributed by atoms with van der Waals surface area (Å²) in [6.45, 7) is 3.46. The zero-order valence-electron chi connectivity index (χ0n) is 8.91. The van der Waals surface area contributed by atoms with E-state index in [0.717, 1.165) is 4.90 Å². The lowest BCUT2D eigenvalue weighted by Gasteiger charge is -2.27. The second kappa shape index (κ2) is 5.50. The van der Waals surface area contributed by atoms with Crippen LogP contribution >= 0.6 is 11.8 Å². The Kier molecular flexibility index (Phi) is 4.58. The largest absolute Gasteiger partial charge is 0.253 e. The van der Waals surface area contributed by atoms with Crippen LogP contribution in [0.25, 0.3) is 0 Å². The molecule has 0 spiro atoms. The van der Waals surface area contributed by atoms with E-state index in [1.807, 2.05) is 37.3 Å². The second-order valence-electron chi connectivity index (χ2n) is 3.51. The van der Waals surface area contributed by atoms with Gasteiger partial charge < -0.3 is 0 Å². The summed E-state index contributed by atoms with van der Waals surface area (Å²) in [6, 6.07) is 9.32. The van der Waals surface area contributed by atoms with Crippen molar-refractivity contribution in [3.05, 3.63) is 36.8 Å². The van der Waals surface area contributed by atoms with Crippen LogP contribution in [0.4, 0.5) is 8.78 Å². The molecule has 0 saturated heterocycles. The number of hydrogen-bond acceptors (Lipinski definition) is 1. The minimum atomic E-state index is -2.34. The first-order chi connectivity index (χ1) is 7.08. The van der Waals surface area contributed by atoms with Gasteiger partial charge in [0, 0.05) is 4.90 Å². The Balaban J connectivity index is 2.75. The van der Waals surface area contributed by atoms with E-state index in [2.05, 4.69) is 0 Å². The van der Waals surface area contributed by atoms with Gasteiger partial charge in [-0.2, -0.15) is 0 Å². The van der Waals surface area contributed by atoms with Crippen molar-refractivity contribution in [2.75, 3.05) is 0 Å². The van der Waals surface area contributed by atoms with E-state index in [4.69, 9.17) is 0 Å². The van der Waals surface area contributed by atoms with Crippen molar-refractivity contribution in [3.8, 4) is 0 Å². The van der Waals surface area contributed by atoms with E-state index in [1.54, 1.807) is 13.3 Å². The van der Waals surface area contributed by atoms with E-state index in [-0.39, 0.29) is 0 Å². The molecule has 1 rings (SSSR count). The molecule has 0 amide bonds. The fourth-order valence-corrected chi connectivity index (χ4v) is 2.46. The van der Waals surface area contributed by atoms with Gasteiger partial charge in [-0.25, -0.2) is 8.78 Å². The molecule has 1 aromatic rings. The van der Waals surface area contributed by atoms with Gasteiger partial charge in [-0.3, -0.25) is 0 Å². The molecule has 1 atom stereocenters. The lowest BCUT2D eigenvalue weighted by molar-refractivity contribution is 0.117. The lowest BCUT2D eigenvalue weighted by Crippen LogP contribution is -2.30. The van der Waals surface area contributed by atoms with Crippen molar-refractivity contribution in [2.45, 2.75) is 36.3 Å². The monoisotopic (exact) mass is 229 g/mol. The van der Waals surface area contributed by atoms with Gasteiger partial charge in [0.2, 0.25) is 0 Å². The molecule has 83 valence electrons. The summed E-state index contributed by atoms with van der Waals surface area (Å²) < 4.78 is 24.7. The zero-order valence-corrected chi connectivity index (χ0v) is 9.73. The van der Waals surface area contributed by atoms with Crippen molar-refractivity contribution in [1.29, 1.82) is 0 Å². The van der Waals surface area contributed by atoms with Gasteiger partial charge in [0.25, 0.3) is 6.43 Å². The maximum atomic E-state index is 12.9. The van der Waals surface area contributed by atoms with Gasteiger partial charge in [0.1, 0.15) is 0 Å². The second-order valence-corrected chi connectivity index (χ2v) is 5.07. The van der Waals surface area contributed by atoms with Crippen LogP contribution in [-0.4, -0.2) is 11.2 Å². The van der Waals surface area contributed by atoms with E-state index in [0.29, 0.717) is 6.42 Å². The molecule has 0 bridgehead atoms. The van der Waals surface area contributed by atoms with E-state index in [9.17, 15) is 8.78 Å². The van der Waals surface area contributed by atoms with Crippen molar-refractivity contribution < 1.29 is 8.78 Å². The molecule has 1 radical (unpaired) electrons. The number of thioether (sulfide) groups is 1. The summed E-state index contributed by atoms with van der Waals surface area (Å²) in [7, 11) is 0. The van der Waals surface area contributed by atoms with Gasteiger partial charge in [-0.15, -0.1) is 11.8 Å². The smallest absolute Gasteiger partial charge is 0.209 e. The highest BCUT2D eigenvalue weighted by atomic mass is 32.2. The zero-order chi connectivity index (χ0) is 11.3. The molecule has 0 nitrogen and oxygen atoms in total. The van der Waals surface area contributed by atoms with Crippen LogP contribution in [0, 0.1) is 6.42 Å². The van der Waals surface area contributed by atoms with Crippen molar-refractivity contribution >= 4 is 11.8 Å². The minimum absolute atomic E-state index is 0.653. The highest BCUT2D eigenvalue weighted by molar-refractivity contribution is 8.00. The lowest BCUT2D eigenvalue weighted by atomic mass is 10.1. The summed E-state index contributed by atoms with van der Waals surface area (Å²) >= 11 is 1.22. The van der Waals surface area contributed by atoms with Crippen LogP contribution in [0.3, 0.4) is 0 Å². The Hall–Kier alpha value is -0.570. The molecular weight excluding hydrogens is 214 g/mol. The normalized spacial score (nSPS) is 15.3. The standard InChI is InChI=1S/C12H15F2S/c1-3-9-12(2,11(13)14)15-10-7-5-4-6-8-10/h4-9,11H,3H2,1-2H3. The molecule has 0 fully saturated rings. The molecule has 0 aromatic heterocycles. The Labute approximate surface area is 94.1 Å². The van der Waals surface area contributed by atoms with Crippen molar-refractivity contribution in [2.24, 2.45) is 0 Å². The molecule has 15 heavy (non-hydrogen) atoms. The first kappa shape index (κ1) is 12.5. The third-order valence-electron chi connectivity index (χ3n) is 2.12. The number of benzene rings is 1. The molecule has 1 unspecified atom stereocenters. The van der Waals surface area contributed by atoms with Gasteiger partial charge in [0.15, 0.2) is 0 Å². The van der Waals surface area contributed by atoms with Gasteiger partial charge in [-0.1, -0.05) is 31.5 Å². The summed E-state index contributed by atoms with van der Waals surface area (Å²) in [5.41, 5.74) is 0. The summed E-state index contributed by atoms with van der Waals surface area (Å²) in [6.07, 6.45) is -0.0154. The summed E-state index contributed by atoms with van der Waals surface area (Å²) in [5.74, 6) is 0. The minimum Gasteiger partial charge on any atom is -0.209 e. The molecule has 0 aliphatic rings. The van der Waals surface area contributed by atoms with Crippen LogP contribution in [0.1, 0.15) is 20.3 Å². The van der Waals surface area contributed by atoms with Crippen LogP contribution in [-0.2, 0) is 0 Å². The summed E-state index contributed by atoms with van der Waals surface area (Å²) in [4.78, 5) is 0.880. The van der Waals surface area contributed by atoms with E-state index >= 15 is 0 Å².